The van der Waals surface area contributed by atoms with Crippen molar-refractivity contribution < 1.29 is 14.6 Å². The van der Waals surface area contributed by atoms with E-state index in [0.29, 0.717) is 15.8 Å². The van der Waals surface area contributed by atoms with Gasteiger partial charge in [0.2, 0.25) is 0 Å². The standard InChI is InChI=1S/2C18H33P.ClH.Ni/c2*1-4-10-16(11-5-1)19(17-12-6-2-7-13-17)18-14-8-3-9-15-18;;/h2*16-18H,1-15H2;1H;/q;;;+1/p-1. The van der Waals surface area contributed by atoms with Crippen LogP contribution in [0.25, 0.3) is 0 Å². The second kappa shape index (κ2) is 20.6. The molecule has 0 N–H and O–H groups in total. The molecule has 0 saturated heterocycles. The average molecular weight is 655 g/mol. The maximum atomic E-state index is 4.26. The fourth-order valence-corrected chi connectivity index (χ4v) is 19.4. The van der Waals surface area contributed by atoms with Gasteiger partial charge < -0.3 is 0 Å². The van der Waals surface area contributed by atoms with Gasteiger partial charge in [0.15, 0.2) is 0 Å². The summed E-state index contributed by atoms with van der Waals surface area (Å²) >= 11 is 3.35. The summed E-state index contributed by atoms with van der Waals surface area (Å²) < 4.78 is 0. The summed E-state index contributed by atoms with van der Waals surface area (Å²) in [6, 6.07) is 0. The zero-order valence-corrected chi connectivity index (χ0v) is 29.8. The molecule has 0 aromatic rings. The van der Waals surface area contributed by atoms with Crippen LogP contribution in [0.15, 0.2) is 0 Å². The van der Waals surface area contributed by atoms with Crippen LogP contribution in [0.4, 0.5) is 0 Å². The van der Waals surface area contributed by atoms with Crippen LogP contribution in [-0.2, 0) is 14.6 Å². The Morgan fingerprint density at radius 1 is 0.250 bits per heavy atom. The molecule has 0 unspecified atom stereocenters. The van der Waals surface area contributed by atoms with Gasteiger partial charge in [-0.1, -0.05) is 131 Å². The third kappa shape index (κ3) is 10.9. The molecular formula is C36H66ClNiP2. The molecule has 40 heavy (non-hydrogen) atoms. The van der Waals surface area contributed by atoms with Crippen LogP contribution in [-0.4, -0.2) is 34.0 Å². The molecule has 6 aliphatic rings. The van der Waals surface area contributed by atoms with Crippen LogP contribution in [0.5, 0.6) is 0 Å². The van der Waals surface area contributed by atoms with E-state index in [9.17, 15) is 0 Å². The molecule has 237 valence electrons. The van der Waals surface area contributed by atoms with Gasteiger partial charge in [-0.2, -0.15) is 0 Å². The first-order valence-corrected chi connectivity index (χ1v) is 23.0. The van der Waals surface area contributed by atoms with Gasteiger partial charge in [-0.25, -0.2) is 0 Å². The van der Waals surface area contributed by atoms with Crippen molar-refractivity contribution in [2.45, 2.75) is 227 Å². The Balaban J connectivity index is 0.000000174. The summed E-state index contributed by atoms with van der Waals surface area (Å²) in [5.41, 5.74) is 7.14. The van der Waals surface area contributed by atoms with Crippen LogP contribution in [0.3, 0.4) is 0 Å². The Hall–Kier alpha value is 1.64. The molecule has 0 spiro atoms. The quantitative estimate of drug-likeness (QED) is 0.197. The van der Waals surface area contributed by atoms with Crippen molar-refractivity contribution in [3.8, 4) is 0 Å². The molecule has 0 atom stereocenters. The van der Waals surface area contributed by atoms with Crippen molar-refractivity contribution in [1.29, 1.82) is 0 Å². The van der Waals surface area contributed by atoms with E-state index in [1.165, 1.54) is 72.5 Å². The molecule has 0 aromatic carbocycles. The van der Waals surface area contributed by atoms with Crippen LogP contribution in [0, 0.1) is 0 Å². The van der Waals surface area contributed by atoms with Gasteiger partial charge in [-0.3, -0.25) is 0 Å². The first-order chi connectivity index (χ1) is 19.9. The van der Waals surface area contributed by atoms with Crippen molar-refractivity contribution in [3.63, 3.8) is 0 Å². The van der Waals surface area contributed by atoms with Gasteiger partial charge in [-0.05, 0) is 111 Å². The van der Waals surface area contributed by atoms with Crippen molar-refractivity contribution in [2.24, 2.45) is 0 Å². The minimum atomic E-state index is 0.385. The van der Waals surface area contributed by atoms with Gasteiger partial charge in [0, 0.05) is 0 Å². The summed E-state index contributed by atoms with van der Waals surface area (Å²) in [5.74, 6) is 0. The summed E-state index contributed by atoms with van der Waals surface area (Å²) in [6.07, 6.45) is 47.2. The van der Waals surface area contributed by atoms with Crippen LogP contribution in [0.2, 0.25) is 0 Å². The summed E-state index contributed by atoms with van der Waals surface area (Å²) in [5, 5.41) is 0. The Kier molecular flexibility index (Phi) is 17.8. The number of rotatable bonds is 6. The van der Waals surface area contributed by atoms with Crippen LogP contribution < -0.4 is 0 Å². The van der Waals surface area contributed by atoms with E-state index in [2.05, 4.69) is 24.8 Å². The van der Waals surface area contributed by atoms with E-state index < -0.39 is 0 Å². The summed E-state index contributed by atoms with van der Waals surface area (Å²) in [7, 11) is 5.03. The molecular weight excluding hydrogens is 588 g/mol. The van der Waals surface area contributed by atoms with Crippen LogP contribution in [0.1, 0.15) is 193 Å². The molecule has 0 aromatic heterocycles. The van der Waals surface area contributed by atoms with Crippen molar-refractivity contribution in [1.82, 2.24) is 0 Å². The Bertz CT molecular complexity index is 471. The van der Waals surface area contributed by atoms with Gasteiger partial charge in [0.1, 0.15) is 0 Å². The van der Waals surface area contributed by atoms with E-state index >= 15 is 0 Å². The maximum absolute atomic E-state index is 4.26. The molecule has 0 bridgehead atoms. The van der Waals surface area contributed by atoms with Gasteiger partial charge in [0.25, 0.3) is 0 Å². The number of halogens is 1. The van der Waals surface area contributed by atoms with Crippen molar-refractivity contribution in [2.75, 3.05) is 0 Å². The zero-order chi connectivity index (χ0) is 27.8. The van der Waals surface area contributed by atoms with E-state index in [1.54, 1.807) is 154 Å². The van der Waals surface area contributed by atoms with E-state index in [-0.39, 0.29) is 0 Å². The Morgan fingerprint density at radius 3 is 0.500 bits per heavy atom. The number of hydrogen-bond donors (Lipinski definition) is 0. The summed E-state index contributed by atoms with van der Waals surface area (Å²) in [6.45, 7) is 0. The fourth-order valence-electron chi connectivity index (χ4n) is 10.1. The SMILES string of the molecule is C1CCC(P(C2CCCCC2)C2CCCCC2)CC1.C1CCC(P(C2CCCCC2)C2CCCCC2)CC1.[Cl][Ni]. The molecule has 0 radical (unpaired) electrons. The van der Waals surface area contributed by atoms with Crippen LogP contribution >= 0.6 is 26.0 Å². The Morgan fingerprint density at radius 2 is 0.375 bits per heavy atom. The number of hydrogen-bond acceptors (Lipinski definition) is 0. The molecule has 4 heteroatoms. The fraction of sp³-hybridized carbons (Fsp3) is 1.00. The molecule has 0 amide bonds. The van der Waals surface area contributed by atoms with E-state index in [4.69, 9.17) is 0 Å². The first-order valence-electron chi connectivity index (χ1n) is 18.6. The first kappa shape index (κ1) is 34.5. The predicted octanol–water partition coefficient (Wildman–Crippen LogP) is 13.6. The third-order valence-corrected chi connectivity index (χ3v) is 20.1. The van der Waals surface area contributed by atoms with Gasteiger partial charge in [0.05, 0.1) is 0 Å². The van der Waals surface area contributed by atoms with E-state index in [0.717, 1.165) is 0 Å². The normalized spacial score (nSPS) is 27.6. The molecule has 0 heterocycles. The molecule has 6 rings (SSSR count). The third-order valence-electron chi connectivity index (χ3n) is 12.0. The average Bonchev–Trinajstić information content (AvgIpc) is 3.06. The molecule has 6 aliphatic carbocycles. The van der Waals surface area contributed by atoms with E-state index in [1.807, 2.05) is 0 Å². The minimum absolute atomic E-state index is 0.385. The monoisotopic (exact) mass is 653 g/mol. The molecule has 6 saturated carbocycles. The molecule has 6 fully saturated rings. The molecule has 0 aliphatic heterocycles. The predicted molar refractivity (Wildman–Crippen MR) is 181 cm³/mol. The van der Waals surface area contributed by atoms with Crippen molar-refractivity contribution in [3.05, 3.63) is 0 Å². The van der Waals surface area contributed by atoms with Gasteiger partial charge in [-0.15, -0.1) is 0 Å². The Labute approximate surface area is 266 Å². The summed E-state index contributed by atoms with van der Waals surface area (Å²) in [4.78, 5) is 0. The topological polar surface area (TPSA) is 0 Å². The second-order valence-corrected chi connectivity index (χ2v) is 20.8. The zero-order valence-electron chi connectivity index (χ0n) is 26.3. The van der Waals surface area contributed by atoms with Crippen molar-refractivity contribution >= 4 is 26.0 Å². The second-order valence-electron chi connectivity index (χ2n) is 14.6. The molecule has 0 nitrogen and oxygen atoms in total. The van der Waals surface area contributed by atoms with Gasteiger partial charge >= 0.3 is 24.8 Å².